The Morgan fingerprint density at radius 2 is 2.00 bits per heavy atom. The van der Waals surface area contributed by atoms with Crippen LogP contribution in [-0.2, 0) is 13.0 Å². The molecular formula is C20H19N5OS2. The predicted octanol–water partition coefficient (Wildman–Crippen LogP) is 4.07. The Kier molecular flexibility index (Phi) is 4.26. The molecule has 1 amide bonds. The van der Waals surface area contributed by atoms with E-state index in [1.165, 1.54) is 16.2 Å². The Labute approximate surface area is 170 Å². The first-order valence-electron chi connectivity index (χ1n) is 9.11. The van der Waals surface area contributed by atoms with Crippen LogP contribution in [0.4, 0.5) is 5.13 Å². The lowest BCUT2D eigenvalue weighted by Gasteiger charge is -2.20. The maximum atomic E-state index is 12.8. The lowest BCUT2D eigenvalue weighted by atomic mass is 10.2. The van der Waals surface area contributed by atoms with E-state index < -0.39 is 0 Å². The van der Waals surface area contributed by atoms with Crippen LogP contribution in [0, 0.1) is 6.92 Å². The quantitative estimate of drug-likeness (QED) is 0.554. The van der Waals surface area contributed by atoms with Crippen LogP contribution in [0.2, 0.25) is 0 Å². The highest BCUT2D eigenvalue weighted by molar-refractivity contribution is 7.19. The lowest BCUT2D eigenvalue weighted by Crippen LogP contribution is -2.25. The summed E-state index contributed by atoms with van der Waals surface area (Å²) < 4.78 is 1.99. The third kappa shape index (κ3) is 3.03. The van der Waals surface area contributed by atoms with Crippen molar-refractivity contribution in [2.24, 2.45) is 0 Å². The number of anilines is 1. The van der Waals surface area contributed by atoms with Gasteiger partial charge >= 0.3 is 0 Å². The first-order chi connectivity index (χ1) is 13.6. The molecule has 28 heavy (non-hydrogen) atoms. The Morgan fingerprint density at radius 1 is 1.18 bits per heavy atom. The maximum Gasteiger partial charge on any atom is 0.269 e. The summed E-state index contributed by atoms with van der Waals surface area (Å²) >= 11 is 2.98. The molecule has 0 unspecified atom stereocenters. The van der Waals surface area contributed by atoms with E-state index >= 15 is 0 Å². The van der Waals surface area contributed by atoms with Crippen LogP contribution in [-0.4, -0.2) is 38.8 Å². The number of imidazole rings is 1. The SMILES string of the molecule is Cc1c(C(=O)Nc2nc3c(s2)CN(C)CC3)sc2nc(-c3ccccc3)cn12. The number of nitrogens with one attached hydrogen (secondary N) is 1. The van der Waals surface area contributed by atoms with Gasteiger partial charge in [-0.05, 0) is 14.0 Å². The van der Waals surface area contributed by atoms with Crippen LogP contribution in [0.5, 0.6) is 0 Å². The molecule has 1 aliphatic heterocycles. The Morgan fingerprint density at radius 3 is 2.79 bits per heavy atom. The summed E-state index contributed by atoms with van der Waals surface area (Å²) in [4.78, 5) is 27.2. The summed E-state index contributed by atoms with van der Waals surface area (Å²) in [5.41, 5.74) is 4.00. The molecule has 4 aromatic rings. The van der Waals surface area contributed by atoms with Crippen molar-refractivity contribution < 1.29 is 4.79 Å². The molecule has 3 aromatic heterocycles. The highest BCUT2D eigenvalue weighted by atomic mass is 32.1. The monoisotopic (exact) mass is 409 g/mol. The second-order valence-corrected chi connectivity index (χ2v) is 9.05. The predicted molar refractivity (Wildman–Crippen MR) is 113 cm³/mol. The van der Waals surface area contributed by atoms with Gasteiger partial charge in [0.2, 0.25) is 0 Å². The zero-order chi connectivity index (χ0) is 19.3. The van der Waals surface area contributed by atoms with Gasteiger partial charge in [0.15, 0.2) is 10.1 Å². The Balaban J connectivity index is 1.41. The Bertz CT molecular complexity index is 1170. The fourth-order valence-electron chi connectivity index (χ4n) is 3.44. The highest BCUT2D eigenvalue weighted by Crippen LogP contribution is 2.30. The zero-order valence-electron chi connectivity index (χ0n) is 15.6. The molecule has 8 heteroatoms. The highest BCUT2D eigenvalue weighted by Gasteiger charge is 2.22. The number of aromatic nitrogens is 3. The molecule has 5 rings (SSSR count). The molecular weight excluding hydrogens is 390 g/mol. The van der Waals surface area contributed by atoms with E-state index in [4.69, 9.17) is 4.98 Å². The summed E-state index contributed by atoms with van der Waals surface area (Å²) in [5.74, 6) is -0.117. The minimum Gasteiger partial charge on any atom is -0.301 e. The van der Waals surface area contributed by atoms with Crippen molar-refractivity contribution in [1.82, 2.24) is 19.3 Å². The molecule has 0 saturated carbocycles. The van der Waals surface area contributed by atoms with Gasteiger partial charge in [-0.25, -0.2) is 9.97 Å². The first kappa shape index (κ1) is 17.5. The zero-order valence-corrected chi connectivity index (χ0v) is 17.2. The number of thiazole rings is 2. The van der Waals surface area contributed by atoms with Crippen molar-refractivity contribution in [1.29, 1.82) is 0 Å². The smallest absolute Gasteiger partial charge is 0.269 e. The number of nitrogens with zero attached hydrogens (tertiary/aromatic N) is 4. The third-order valence-corrected chi connectivity index (χ3v) is 7.13. The summed E-state index contributed by atoms with van der Waals surface area (Å²) in [6.07, 6.45) is 2.93. The van der Waals surface area contributed by atoms with Crippen molar-refractivity contribution >= 4 is 38.7 Å². The van der Waals surface area contributed by atoms with Crippen LogP contribution in [0.15, 0.2) is 36.5 Å². The molecule has 1 aromatic carbocycles. The molecule has 6 nitrogen and oxygen atoms in total. The van der Waals surface area contributed by atoms with Gasteiger partial charge in [-0.1, -0.05) is 41.7 Å². The van der Waals surface area contributed by atoms with Crippen molar-refractivity contribution in [3.63, 3.8) is 0 Å². The number of amides is 1. The van der Waals surface area contributed by atoms with Gasteiger partial charge in [0.25, 0.3) is 5.91 Å². The van der Waals surface area contributed by atoms with Gasteiger partial charge in [-0.3, -0.25) is 14.5 Å². The number of aryl methyl sites for hydroxylation is 1. The van der Waals surface area contributed by atoms with Gasteiger partial charge in [0, 0.05) is 41.8 Å². The van der Waals surface area contributed by atoms with E-state index in [1.807, 2.05) is 47.9 Å². The number of hydrogen-bond donors (Lipinski definition) is 1. The molecule has 0 radical (unpaired) electrons. The number of benzene rings is 1. The second kappa shape index (κ2) is 6.80. The largest absolute Gasteiger partial charge is 0.301 e. The van der Waals surface area contributed by atoms with E-state index in [2.05, 4.69) is 22.2 Å². The average Bonchev–Trinajstić information content (AvgIpc) is 3.36. The van der Waals surface area contributed by atoms with E-state index in [9.17, 15) is 4.79 Å². The molecule has 0 atom stereocenters. The fraction of sp³-hybridized carbons (Fsp3) is 0.250. The van der Waals surface area contributed by atoms with Gasteiger partial charge in [0.05, 0.1) is 11.4 Å². The van der Waals surface area contributed by atoms with Crippen LogP contribution >= 0.6 is 22.7 Å². The minimum absolute atomic E-state index is 0.117. The van der Waals surface area contributed by atoms with E-state index in [0.29, 0.717) is 10.0 Å². The van der Waals surface area contributed by atoms with Gasteiger partial charge < -0.3 is 4.90 Å². The lowest BCUT2D eigenvalue weighted by molar-refractivity contribution is 0.102. The van der Waals surface area contributed by atoms with Crippen LogP contribution in [0.1, 0.15) is 25.9 Å². The van der Waals surface area contributed by atoms with Crippen molar-refractivity contribution in [3.8, 4) is 11.3 Å². The summed E-state index contributed by atoms with van der Waals surface area (Å²) in [6.45, 7) is 3.86. The summed E-state index contributed by atoms with van der Waals surface area (Å²) in [6, 6.07) is 10.1. The number of carbonyl (C=O) groups is 1. The number of rotatable bonds is 3. The molecule has 1 aliphatic rings. The number of carbonyl (C=O) groups excluding carboxylic acids is 1. The van der Waals surface area contributed by atoms with Crippen molar-refractivity contribution in [2.75, 3.05) is 18.9 Å². The van der Waals surface area contributed by atoms with E-state index in [0.717, 1.165) is 47.1 Å². The normalized spacial score (nSPS) is 14.4. The van der Waals surface area contributed by atoms with Crippen LogP contribution in [0.25, 0.3) is 16.2 Å². The van der Waals surface area contributed by atoms with E-state index in [-0.39, 0.29) is 5.91 Å². The number of likely N-dealkylation sites (N-methyl/N-ethyl adjacent to an activating group) is 1. The first-order valence-corrected chi connectivity index (χ1v) is 10.7. The molecule has 4 heterocycles. The van der Waals surface area contributed by atoms with Crippen LogP contribution < -0.4 is 5.32 Å². The molecule has 1 N–H and O–H groups in total. The van der Waals surface area contributed by atoms with Crippen molar-refractivity contribution in [3.05, 3.63) is 57.7 Å². The second-order valence-electron chi connectivity index (χ2n) is 6.99. The minimum atomic E-state index is -0.117. The molecule has 142 valence electrons. The standard InChI is InChI=1S/C20H19N5OS2/c1-12-17(18(26)23-19-21-14-8-9-24(2)11-16(14)27-19)28-20-22-15(10-25(12)20)13-6-4-3-5-7-13/h3-7,10H,8-9,11H2,1-2H3,(H,21,23,26). The molecule has 0 saturated heterocycles. The maximum absolute atomic E-state index is 12.8. The molecule has 0 spiro atoms. The van der Waals surface area contributed by atoms with Crippen molar-refractivity contribution in [2.45, 2.75) is 19.9 Å². The number of fused-ring (bicyclic) bond motifs is 2. The van der Waals surface area contributed by atoms with E-state index in [1.54, 1.807) is 11.3 Å². The third-order valence-electron chi connectivity index (χ3n) is 4.98. The fourth-order valence-corrected chi connectivity index (χ4v) is 5.53. The van der Waals surface area contributed by atoms with Gasteiger partial charge in [0.1, 0.15) is 4.88 Å². The Hall–Kier alpha value is -2.55. The molecule has 0 fully saturated rings. The van der Waals surface area contributed by atoms with Gasteiger partial charge in [-0.2, -0.15) is 0 Å². The number of hydrogen-bond acceptors (Lipinski definition) is 6. The topological polar surface area (TPSA) is 62.5 Å². The van der Waals surface area contributed by atoms with Gasteiger partial charge in [-0.15, -0.1) is 11.3 Å². The average molecular weight is 410 g/mol. The summed E-state index contributed by atoms with van der Waals surface area (Å²) in [5, 5.41) is 3.67. The molecule has 0 aliphatic carbocycles. The summed E-state index contributed by atoms with van der Waals surface area (Å²) in [7, 11) is 2.11. The molecule has 0 bridgehead atoms. The van der Waals surface area contributed by atoms with Crippen LogP contribution in [0.3, 0.4) is 0 Å².